The molecule has 0 aliphatic rings. The number of amides is 1. The third kappa shape index (κ3) is 3.04. The van der Waals surface area contributed by atoms with Gasteiger partial charge in [0.1, 0.15) is 0 Å². The zero-order valence-electron chi connectivity index (χ0n) is 9.38. The smallest absolute Gasteiger partial charge is 0.408 e. The van der Waals surface area contributed by atoms with Crippen LogP contribution in [0.5, 0.6) is 5.75 Å². The molecule has 0 aliphatic heterocycles. The van der Waals surface area contributed by atoms with Crippen LogP contribution in [0.25, 0.3) is 0 Å². The number of hydrogen-bond acceptors (Lipinski definition) is 3. The quantitative estimate of drug-likeness (QED) is 0.859. The number of rotatable bonds is 2. The predicted octanol–water partition coefficient (Wildman–Crippen LogP) is 3.00. The number of nitrogens with one attached hydrogen (secondary N) is 1. The molecule has 1 amide bonds. The minimum Gasteiger partial charge on any atom is -0.408 e. The number of aromatic nitrogens is 1. The third-order valence-electron chi connectivity index (χ3n) is 2.18. The first kappa shape index (κ1) is 11.1. The molecule has 1 aromatic heterocycles. The minimum absolute atomic E-state index is 0.459. The van der Waals surface area contributed by atoms with E-state index in [4.69, 9.17) is 4.74 Å². The number of benzene rings is 1. The van der Waals surface area contributed by atoms with Gasteiger partial charge in [-0.2, -0.15) is 0 Å². The predicted molar refractivity (Wildman–Crippen MR) is 65.1 cm³/mol. The fraction of sp³-hybridized carbons (Fsp3) is 0.0769. The van der Waals surface area contributed by atoms with Crippen LogP contribution in [0.1, 0.15) is 5.69 Å². The summed E-state index contributed by atoms with van der Waals surface area (Å²) >= 11 is 0. The molecule has 0 saturated heterocycles. The van der Waals surface area contributed by atoms with E-state index in [1.54, 1.807) is 37.4 Å². The molecule has 17 heavy (non-hydrogen) atoms. The number of hydrogen-bond donors (Lipinski definition) is 1. The fourth-order valence-corrected chi connectivity index (χ4v) is 1.34. The van der Waals surface area contributed by atoms with E-state index in [-0.39, 0.29) is 0 Å². The average Bonchev–Trinajstić information content (AvgIpc) is 2.33. The molecule has 0 radical (unpaired) electrons. The largest absolute Gasteiger partial charge is 0.417 e. The zero-order chi connectivity index (χ0) is 12.1. The first-order valence-corrected chi connectivity index (χ1v) is 5.21. The van der Waals surface area contributed by atoms with E-state index in [2.05, 4.69) is 10.3 Å². The summed E-state index contributed by atoms with van der Waals surface area (Å²) in [5.41, 5.74) is 1.37. The van der Waals surface area contributed by atoms with Crippen LogP contribution in [0.3, 0.4) is 0 Å². The van der Waals surface area contributed by atoms with E-state index in [9.17, 15) is 4.79 Å². The van der Waals surface area contributed by atoms with Gasteiger partial charge < -0.3 is 4.74 Å². The van der Waals surface area contributed by atoms with Gasteiger partial charge in [-0.15, -0.1) is 0 Å². The Morgan fingerprint density at radius 2 is 1.94 bits per heavy atom. The molecule has 0 bridgehead atoms. The van der Waals surface area contributed by atoms with Crippen molar-refractivity contribution < 1.29 is 9.53 Å². The molecule has 2 rings (SSSR count). The van der Waals surface area contributed by atoms with Crippen LogP contribution in [-0.2, 0) is 0 Å². The highest BCUT2D eigenvalue weighted by Crippen LogP contribution is 2.14. The van der Waals surface area contributed by atoms with Gasteiger partial charge in [0.2, 0.25) is 0 Å². The van der Waals surface area contributed by atoms with Gasteiger partial charge in [0.05, 0.1) is 5.69 Å². The number of nitrogens with zero attached hydrogens (tertiary/aromatic N) is 1. The highest BCUT2D eigenvalue weighted by molar-refractivity contribution is 5.86. The molecule has 0 spiro atoms. The lowest BCUT2D eigenvalue weighted by molar-refractivity contribution is 0.214. The number of aryl methyl sites for hydroxylation is 1. The molecule has 0 unspecified atom stereocenters. The summed E-state index contributed by atoms with van der Waals surface area (Å²) in [7, 11) is 0. The summed E-state index contributed by atoms with van der Waals surface area (Å²) in [6, 6.07) is 12.6. The van der Waals surface area contributed by atoms with Gasteiger partial charge in [-0.25, -0.2) is 4.79 Å². The van der Waals surface area contributed by atoms with Gasteiger partial charge >= 0.3 is 6.09 Å². The van der Waals surface area contributed by atoms with Crippen molar-refractivity contribution in [3.8, 4) is 5.75 Å². The monoisotopic (exact) mass is 228 g/mol. The van der Waals surface area contributed by atoms with Crippen molar-refractivity contribution in [2.75, 3.05) is 5.32 Å². The van der Waals surface area contributed by atoms with Gasteiger partial charge in [-0.05, 0) is 31.2 Å². The minimum atomic E-state index is -0.521. The van der Waals surface area contributed by atoms with E-state index >= 15 is 0 Å². The second-order valence-corrected chi connectivity index (χ2v) is 3.47. The molecule has 1 heterocycles. The number of carbonyl (C=O) groups excluding carboxylic acids is 1. The van der Waals surface area contributed by atoms with Crippen LogP contribution in [0.15, 0.2) is 48.7 Å². The van der Waals surface area contributed by atoms with Gasteiger partial charge in [-0.3, -0.25) is 10.3 Å². The second kappa shape index (κ2) is 5.12. The standard InChI is InChI=1S/C13H12N2O2/c1-10-12(8-5-9-14-10)17-13(16)15-11-6-3-2-4-7-11/h2-9H,1H3,(H,15,16). The van der Waals surface area contributed by atoms with Crippen LogP contribution < -0.4 is 10.1 Å². The van der Waals surface area contributed by atoms with Gasteiger partial charge in [0.15, 0.2) is 5.75 Å². The Labute approximate surface area is 99.3 Å². The van der Waals surface area contributed by atoms with Crippen LogP contribution in [0, 0.1) is 6.92 Å². The van der Waals surface area contributed by atoms with Crippen LogP contribution in [0.2, 0.25) is 0 Å². The van der Waals surface area contributed by atoms with Crippen molar-refractivity contribution in [1.82, 2.24) is 4.98 Å². The lowest BCUT2D eigenvalue weighted by atomic mass is 10.3. The lowest BCUT2D eigenvalue weighted by Gasteiger charge is -2.07. The average molecular weight is 228 g/mol. The highest BCUT2D eigenvalue weighted by Gasteiger charge is 2.06. The normalized spacial score (nSPS) is 9.71. The number of pyridine rings is 1. The maximum Gasteiger partial charge on any atom is 0.417 e. The third-order valence-corrected chi connectivity index (χ3v) is 2.18. The molecular formula is C13H12N2O2. The molecule has 0 atom stereocenters. The highest BCUT2D eigenvalue weighted by atomic mass is 16.6. The maximum absolute atomic E-state index is 11.6. The van der Waals surface area contributed by atoms with E-state index in [0.29, 0.717) is 17.1 Å². The molecule has 0 aliphatic carbocycles. The summed E-state index contributed by atoms with van der Waals surface area (Å²) in [6.45, 7) is 1.78. The van der Waals surface area contributed by atoms with Crippen molar-refractivity contribution >= 4 is 11.8 Å². The van der Waals surface area contributed by atoms with E-state index in [0.717, 1.165) is 0 Å². The SMILES string of the molecule is Cc1ncccc1OC(=O)Nc1ccccc1. The fourth-order valence-electron chi connectivity index (χ4n) is 1.34. The molecule has 4 heteroatoms. The van der Waals surface area contributed by atoms with E-state index in [1.165, 1.54) is 0 Å². The van der Waals surface area contributed by atoms with Gasteiger partial charge in [0, 0.05) is 11.9 Å². The Kier molecular flexibility index (Phi) is 3.35. The summed E-state index contributed by atoms with van der Waals surface area (Å²) < 4.78 is 5.14. The van der Waals surface area contributed by atoms with Gasteiger partial charge in [0.25, 0.3) is 0 Å². The first-order chi connectivity index (χ1) is 8.25. The van der Waals surface area contributed by atoms with Crippen molar-refractivity contribution in [3.63, 3.8) is 0 Å². The topological polar surface area (TPSA) is 51.2 Å². The number of anilines is 1. The molecule has 1 N–H and O–H groups in total. The molecule has 0 saturated carbocycles. The Balaban J connectivity index is 2.01. The molecule has 86 valence electrons. The van der Waals surface area contributed by atoms with Crippen molar-refractivity contribution in [1.29, 1.82) is 0 Å². The van der Waals surface area contributed by atoms with Crippen molar-refractivity contribution in [2.45, 2.75) is 6.92 Å². The lowest BCUT2D eigenvalue weighted by Crippen LogP contribution is -2.17. The van der Waals surface area contributed by atoms with Crippen molar-refractivity contribution in [3.05, 3.63) is 54.4 Å². The van der Waals surface area contributed by atoms with Gasteiger partial charge in [-0.1, -0.05) is 18.2 Å². The van der Waals surface area contributed by atoms with Crippen LogP contribution in [-0.4, -0.2) is 11.1 Å². The Bertz CT molecular complexity index is 512. The molecule has 0 fully saturated rings. The number of ether oxygens (including phenoxy) is 1. The van der Waals surface area contributed by atoms with E-state index in [1.807, 2.05) is 18.2 Å². The molecule has 1 aromatic carbocycles. The van der Waals surface area contributed by atoms with Crippen molar-refractivity contribution in [2.24, 2.45) is 0 Å². The summed E-state index contributed by atoms with van der Waals surface area (Å²) in [6.07, 6.45) is 1.13. The first-order valence-electron chi connectivity index (χ1n) is 5.21. The maximum atomic E-state index is 11.6. The Morgan fingerprint density at radius 3 is 2.65 bits per heavy atom. The Hall–Kier alpha value is -2.36. The molecule has 4 nitrogen and oxygen atoms in total. The summed E-state index contributed by atoms with van der Waals surface area (Å²) in [5.74, 6) is 0.459. The van der Waals surface area contributed by atoms with E-state index < -0.39 is 6.09 Å². The van der Waals surface area contributed by atoms with Crippen LogP contribution in [0.4, 0.5) is 10.5 Å². The summed E-state index contributed by atoms with van der Waals surface area (Å²) in [5, 5.41) is 2.63. The number of para-hydroxylation sites is 1. The second-order valence-electron chi connectivity index (χ2n) is 3.47. The summed E-state index contributed by atoms with van der Waals surface area (Å²) in [4.78, 5) is 15.6. The molecule has 2 aromatic rings. The zero-order valence-corrected chi connectivity index (χ0v) is 9.38. The number of carbonyl (C=O) groups is 1. The molecular weight excluding hydrogens is 216 g/mol. The Morgan fingerprint density at radius 1 is 1.18 bits per heavy atom. The van der Waals surface area contributed by atoms with Crippen LogP contribution >= 0.6 is 0 Å².